The highest BCUT2D eigenvalue weighted by Gasteiger charge is 2.31. The molecule has 0 atom stereocenters. The molecule has 1 aliphatic rings. The summed E-state index contributed by atoms with van der Waals surface area (Å²) in [7, 11) is 0. The van der Waals surface area contributed by atoms with Gasteiger partial charge in [-0.05, 0) is 17.7 Å². The minimum absolute atomic E-state index is 0.0120. The Hall–Kier alpha value is -1.73. The molecule has 1 aromatic rings. The number of nitrogens with zero attached hydrogens (tertiary/aromatic N) is 2. The molecule has 1 aromatic carbocycles. The zero-order chi connectivity index (χ0) is 14.6. The second-order valence-corrected chi connectivity index (χ2v) is 4.31. The van der Waals surface area contributed by atoms with Crippen LogP contribution in [-0.4, -0.2) is 41.2 Å². The van der Waals surface area contributed by atoms with Crippen LogP contribution in [0.4, 0.5) is 13.2 Å². The molecule has 4 nitrogen and oxygen atoms in total. The minimum Gasteiger partial charge on any atom is -0.406 e. The molecule has 20 heavy (non-hydrogen) atoms. The average Bonchev–Trinajstić information content (AvgIpc) is 2.75. The van der Waals surface area contributed by atoms with Crippen LogP contribution in [0.2, 0.25) is 0 Å². The van der Waals surface area contributed by atoms with E-state index < -0.39 is 6.36 Å². The van der Waals surface area contributed by atoms with Gasteiger partial charge in [0.05, 0.1) is 13.2 Å². The second-order valence-electron chi connectivity index (χ2n) is 4.31. The van der Waals surface area contributed by atoms with E-state index in [-0.39, 0.29) is 12.4 Å². The van der Waals surface area contributed by atoms with E-state index in [4.69, 9.17) is 5.11 Å². The molecule has 0 saturated heterocycles. The van der Waals surface area contributed by atoms with Crippen molar-refractivity contribution in [3.8, 4) is 5.75 Å². The number of hydrogen-bond donors (Lipinski definition) is 1. The van der Waals surface area contributed by atoms with Gasteiger partial charge in [-0.25, -0.2) is 5.01 Å². The van der Waals surface area contributed by atoms with Crippen molar-refractivity contribution in [3.05, 3.63) is 42.1 Å². The lowest BCUT2D eigenvalue weighted by atomic mass is 10.2. The highest BCUT2D eigenvalue weighted by atomic mass is 19.4. The maximum Gasteiger partial charge on any atom is 0.573 e. The van der Waals surface area contributed by atoms with Crippen molar-refractivity contribution in [3.63, 3.8) is 0 Å². The van der Waals surface area contributed by atoms with Crippen LogP contribution < -0.4 is 4.74 Å². The van der Waals surface area contributed by atoms with E-state index in [1.807, 2.05) is 22.3 Å². The summed E-state index contributed by atoms with van der Waals surface area (Å²) >= 11 is 0. The molecule has 0 fully saturated rings. The van der Waals surface area contributed by atoms with Gasteiger partial charge in [-0.1, -0.05) is 18.2 Å². The molecule has 0 amide bonds. The van der Waals surface area contributed by atoms with Crippen molar-refractivity contribution >= 4 is 0 Å². The van der Waals surface area contributed by atoms with Crippen LogP contribution in [0.5, 0.6) is 5.75 Å². The zero-order valence-electron chi connectivity index (χ0n) is 10.7. The van der Waals surface area contributed by atoms with Crippen LogP contribution in [0.3, 0.4) is 0 Å². The van der Waals surface area contributed by atoms with Crippen LogP contribution >= 0.6 is 0 Å². The van der Waals surface area contributed by atoms with E-state index in [1.54, 1.807) is 6.07 Å². The minimum atomic E-state index is -4.68. The quantitative estimate of drug-likeness (QED) is 0.900. The Morgan fingerprint density at radius 1 is 1.30 bits per heavy atom. The van der Waals surface area contributed by atoms with E-state index >= 15 is 0 Å². The number of aliphatic hydroxyl groups is 1. The van der Waals surface area contributed by atoms with Gasteiger partial charge in [0.2, 0.25) is 0 Å². The van der Waals surface area contributed by atoms with E-state index in [0.29, 0.717) is 25.2 Å². The van der Waals surface area contributed by atoms with Crippen molar-refractivity contribution in [2.75, 3.05) is 19.7 Å². The van der Waals surface area contributed by atoms with Crippen LogP contribution in [0.15, 0.2) is 36.5 Å². The van der Waals surface area contributed by atoms with Crippen molar-refractivity contribution in [2.45, 2.75) is 12.9 Å². The number of hydrazine groups is 1. The predicted octanol–water partition coefficient (Wildman–Crippen LogP) is 2.12. The van der Waals surface area contributed by atoms with Gasteiger partial charge in [-0.3, -0.25) is 0 Å². The topological polar surface area (TPSA) is 35.9 Å². The number of hydrogen-bond acceptors (Lipinski definition) is 4. The maximum atomic E-state index is 12.2. The second kappa shape index (κ2) is 6.15. The van der Waals surface area contributed by atoms with Crippen LogP contribution in [-0.2, 0) is 6.54 Å². The Labute approximate surface area is 114 Å². The zero-order valence-corrected chi connectivity index (χ0v) is 10.7. The molecular weight excluding hydrogens is 273 g/mol. The Morgan fingerprint density at radius 3 is 2.80 bits per heavy atom. The number of alkyl halides is 3. The third kappa shape index (κ3) is 4.14. The van der Waals surface area contributed by atoms with Gasteiger partial charge in [-0.2, -0.15) is 0 Å². The lowest BCUT2D eigenvalue weighted by Gasteiger charge is -2.28. The highest BCUT2D eigenvalue weighted by Crippen LogP contribution is 2.24. The summed E-state index contributed by atoms with van der Waals surface area (Å²) < 4.78 is 40.4. The van der Waals surface area contributed by atoms with Crippen LogP contribution in [0.25, 0.3) is 0 Å². The average molecular weight is 288 g/mol. The van der Waals surface area contributed by atoms with E-state index in [0.717, 1.165) is 0 Å². The standard InChI is InChI=1S/C13H15F3N2O2/c14-13(15,16)20-12-4-1-3-11(9-12)10-18-6-2-5-17(18)7-8-19/h1-5,9,19H,6-8,10H2. The van der Waals surface area contributed by atoms with Gasteiger partial charge in [0.25, 0.3) is 0 Å². The predicted molar refractivity (Wildman–Crippen MR) is 66.5 cm³/mol. The molecule has 1 aliphatic heterocycles. The number of halogens is 3. The van der Waals surface area contributed by atoms with Gasteiger partial charge in [0, 0.05) is 19.3 Å². The molecule has 0 radical (unpaired) electrons. The monoisotopic (exact) mass is 288 g/mol. The fourth-order valence-corrected chi connectivity index (χ4v) is 2.02. The van der Waals surface area contributed by atoms with E-state index in [1.165, 1.54) is 18.2 Å². The first-order valence-electron chi connectivity index (χ1n) is 6.11. The molecule has 0 bridgehead atoms. The third-order valence-electron chi connectivity index (χ3n) is 2.78. The Kier molecular flexibility index (Phi) is 4.51. The van der Waals surface area contributed by atoms with Gasteiger partial charge in [0.15, 0.2) is 0 Å². The van der Waals surface area contributed by atoms with Gasteiger partial charge in [-0.15, -0.1) is 13.2 Å². The van der Waals surface area contributed by atoms with E-state index in [9.17, 15) is 13.2 Å². The summed E-state index contributed by atoms with van der Waals surface area (Å²) in [5.74, 6) is -0.226. The molecule has 0 saturated carbocycles. The molecule has 1 heterocycles. The van der Waals surface area contributed by atoms with Crippen LogP contribution in [0.1, 0.15) is 5.56 Å². The van der Waals surface area contributed by atoms with Gasteiger partial charge >= 0.3 is 6.36 Å². The summed E-state index contributed by atoms with van der Waals surface area (Å²) in [6.45, 7) is 1.57. The van der Waals surface area contributed by atoms with Crippen molar-refractivity contribution in [2.24, 2.45) is 0 Å². The molecule has 0 aliphatic carbocycles. The molecular formula is C13H15F3N2O2. The largest absolute Gasteiger partial charge is 0.573 e. The molecule has 2 rings (SSSR count). The smallest absolute Gasteiger partial charge is 0.406 e. The summed E-state index contributed by atoms with van der Waals surface area (Å²) in [4.78, 5) is 0. The fraction of sp³-hybridized carbons (Fsp3) is 0.385. The Bertz CT molecular complexity index is 477. The van der Waals surface area contributed by atoms with Gasteiger partial charge in [0.1, 0.15) is 5.75 Å². The third-order valence-corrected chi connectivity index (χ3v) is 2.78. The van der Waals surface area contributed by atoms with Crippen LogP contribution in [0, 0.1) is 0 Å². The SMILES string of the molecule is OCCN1C=CCN1Cc1cccc(OC(F)(F)F)c1. The number of ether oxygens (including phenoxy) is 1. The van der Waals surface area contributed by atoms with Crippen molar-refractivity contribution in [1.29, 1.82) is 0 Å². The first kappa shape index (κ1) is 14.7. The lowest BCUT2D eigenvalue weighted by Crippen LogP contribution is -2.36. The summed E-state index contributed by atoms with van der Waals surface area (Å²) in [5.41, 5.74) is 0.707. The number of rotatable bonds is 5. The molecule has 0 spiro atoms. The Morgan fingerprint density at radius 2 is 2.10 bits per heavy atom. The summed E-state index contributed by atoms with van der Waals surface area (Å²) in [5, 5.41) is 12.7. The molecule has 1 N–H and O–H groups in total. The number of benzene rings is 1. The summed E-state index contributed by atoms with van der Waals surface area (Å²) in [6, 6.07) is 5.89. The maximum absolute atomic E-state index is 12.2. The summed E-state index contributed by atoms with van der Waals surface area (Å²) in [6.07, 6.45) is -0.922. The lowest BCUT2D eigenvalue weighted by molar-refractivity contribution is -0.274. The number of aliphatic hydroxyl groups excluding tert-OH is 1. The van der Waals surface area contributed by atoms with Crippen molar-refractivity contribution < 1.29 is 23.0 Å². The molecule has 7 heteroatoms. The molecule has 110 valence electrons. The fourth-order valence-electron chi connectivity index (χ4n) is 2.02. The first-order valence-corrected chi connectivity index (χ1v) is 6.11. The normalized spacial score (nSPS) is 15.9. The number of β-amino-alcohol motifs (C(OH)–C–C–N with tert-alkyl or cyclic N) is 1. The van der Waals surface area contributed by atoms with Crippen molar-refractivity contribution in [1.82, 2.24) is 10.0 Å². The van der Waals surface area contributed by atoms with Gasteiger partial charge < -0.3 is 14.9 Å². The molecule has 0 unspecified atom stereocenters. The first-order chi connectivity index (χ1) is 9.48. The van der Waals surface area contributed by atoms with E-state index in [2.05, 4.69) is 4.74 Å². The highest BCUT2D eigenvalue weighted by molar-refractivity contribution is 5.28. The Balaban J connectivity index is 2.01. The molecule has 0 aromatic heterocycles.